The van der Waals surface area contributed by atoms with E-state index in [-0.39, 0.29) is 12.1 Å². The van der Waals surface area contributed by atoms with E-state index in [2.05, 4.69) is 15.6 Å². The van der Waals surface area contributed by atoms with Crippen molar-refractivity contribution in [2.24, 2.45) is 0 Å². The van der Waals surface area contributed by atoms with Crippen molar-refractivity contribution in [1.82, 2.24) is 10.3 Å². The van der Waals surface area contributed by atoms with Crippen LogP contribution in [0.5, 0.6) is 0 Å². The number of alkyl carbamates (subject to hydrolysis) is 1. The predicted octanol–water partition coefficient (Wildman–Crippen LogP) is 3.64. The molecule has 0 bridgehead atoms. The molecular weight excluding hydrogens is 278 g/mol. The Morgan fingerprint density at radius 2 is 2.05 bits per heavy atom. The quantitative estimate of drug-likeness (QED) is 0.895. The highest BCUT2D eigenvalue weighted by Crippen LogP contribution is 2.23. The number of aryl methyl sites for hydroxylation is 1. The summed E-state index contributed by atoms with van der Waals surface area (Å²) in [5.74, 6) is 0. The van der Waals surface area contributed by atoms with Crippen LogP contribution in [0.4, 0.5) is 10.5 Å². The maximum Gasteiger partial charge on any atom is 0.407 e. The minimum absolute atomic E-state index is 0.165. The lowest BCUT2D eigenvalue weighted by molar-refractivity contribution is 0.0492. The fraction of sp³-hybridized carbons (Fsp3) is 0.647. The molecule has 1 heterocycles. The van der Waals surface area contributed by atoms with Crippen molar-refractivity contribution in [2.75, 3.05) is 5.32 Å². The average Bonchev–Trinajstić information content (AvgIpc) is 2.39. The summed E-state index contributed by atoms with van der Waals surface area (Å²) in [5, 5.41) is 6.53. The average molecular weight is 305 g/mol. The van der Waals surface area contributed by atoms with Gasteiger partial charge in [0.15, 0.2) is 0 Å². The van der Waals surface area contributed by atoms with Crippen molar-refractivity contribution in [3.63, 3.8) is 0 Å². The maximum absolute atomic E-state index is 11.9. The smallest absolute Gasteiger partial charge is 0.407 e. The SMILES string of the molecule is Cc1ncccc1NC1CCCC(NC(=O)OC(C)(C)C)C1. The van der Waals surface area contributed by atoms with Gasteiger partial charge >= 0.3 is 6.09 Å². The van der Waals surface area contributed by atoms with Crippen molar-refractivity contribution in [3.8, 4) is 0 Å². The molecule has 0 aliphatic heterocycles. The van der Waals surface area contributed by atoms with Gasteiger partial charge in [-0.15, -0.1) is 0 Å². The van der Waals surface area contributed by atoms with Gasteiger partial charge in [-0.2, -0.15) is 0 Å². The first-order valence-corrected chi connectivity index (χ1v) is 8.01. The van der Waals surface area contributed by atoms with Crippen LogP contribution in [-0.4, -0.2) is 28.8 Å². The number of carbonyl (C=O) groups excluding carboxylic acids is 1. The highest BCUT2D eigenvalue weighted by molar-refractivity contribution is 5.68. The number of amides is 1. The van der Waals surface area contributed by atoms with Gasteiger partial charge in [-0.25, -0.2) is 4.79 Å². The first-order valence-electron chi connectivity index (χ1n) is 8.01. The standard InChI is InChI=1S/C17H27N3O2/c1-12-15(9-6-10-18-12)19-13-7-5-8-14(11-13)20-16(21)22-17(2,3)4/h6,9-10,13-14,19H,5,7-8,11H2,1-4H3,(H,20,21). The number of hydrogen-bond acceptors (Lipinski definition) is 4. The van der Waals surface area contributed by atoms with Gasteiger partial charge in [0.2, 0.25) is 0 Å². The summed E-state index contributed by atoms with van der Waals surface area (Å²) in [6.07, 6.45) is 5.60. The molecule has 0 radical (unpaired) electrons. The van der Waals surface area contributed by atoms with E-state index in [1.54, 1.807) is 6.20 Å². The maximum atomic E-state index is 11.9. The summed E-state index contributed by atoms with van der Waals surface area (Å²) in [6.45, 7) is 7.64. The highest BCUT2D eigenvalue weighted by atomic mass is 16.6. The lowest BCUT2D eigenvalue weighted by atomic mass is 9.91. The second kappa shape index (κ2) is 6.99. The molecule has 22 heavy (non-hydrogen) atoms. The van der Waals surface area contributed by atoms with E-state index in [4.69, 9.17) is 4.74 Å². The predicted molar refractivity (Wildman–Crippen MR) is 88.0 cm³/mol. The summed E-state index contributed by atoms with van der Waals surface area (Å²) in [7, 11) is 0. The van der Waals surface area contributed by atoms with Gasteiger partial charge in [-0.05, 0) is 65.5 Å². The molecule has 122 valence electrons. The number of carbonyl (C=O) groups is 1. The monoisotopic (exact) mass is 305 g/mol. The highest BCUT2D eigenvalue weighted by Gasteiger charge is 2.25. The van der Waals surface area contributed by atoms with Crippen LogP contribution in [0.1, 0.15) is 52.1 Å². The summed E-state index contributed by atoms with van der Waals surface area (Å²) < 4.78 is 5.33. The molecule has 1 aliphatic rings. The van der Waals surface area contributed by atoms with Crippen LogP contribution in [0.15, 0.2) is 18.3 Å². The zero-order valence-electron chi connectivity index (χ0n) is 14.0. The number of ether oxygens (including phenoxy) is 1. The third kappa shape index (κ3) is 5.20. The van der Waals surface area contributed by atoms with Crippen LogP contribution in [-0.2, 0) is 4.74 Å². The zero-order chi connectivity index (χ0) is 16.2. The molecule has 0 aromatic carbocycles. The molecule has 1 amide bonds. The van der Waals surface area contributed by atoms with Gasteiger partial charge in [-0.1, -0.05) is 0 Å². The molecular formula is C17H27N3O2. The number of anilines is 1. The summed E-state index contributed by atoms with van der Waals surface area (Å²) in [5.41, 5.74) is 1.62. The Balaban J connectivity index is 1.87. The second-order valence-corrected chi connectivity index (χ2v) is 6.99. The largest absolute Gasteiger partial charge is 0.444 e. The van der Waals surface area contributed by atoms with E-state index in [0.717, 1.165) is 37.1 Å². The molecule has 1 aliphatic carbocycles. The van der Waals surface area contributed by atoms with E-state index >= 15 is 0 Å². The number of hydrogen-bond donors (Lipinski definition) is 2. The summed E-state index contributed by atoms with van der Waals surface area (Å²) in [6, 6.07) is 4.51. The van der Waals surface area contributed by atoms with E-state index < -0.39 is 5.60 Å². The number of nitrogens with zero attached hydrogens (tertiary/aromatic N) is 1. The van der Waals surface area contributed by atoms with Crippen molar-refractivity contribution < 1.29 is 9.53 Å². The van der Waals surface area contributed by atoms with Crippen molar-refractivity contribution in [2.45, 2.75) is 71.1 Å². The Kier molecular flexibility index (Phi) is 5.27. The third-order valence-corrected chi connectivity index (χ3v) is 3.76. The van der Waals surface area contributed by atoms with Gasteiger partial charge < -0.3 is 15.4 Å². The molecule has 2 atom stereocenters. The van der Waals surface area contributed by atoms with Crippen LogP contribution in [0.2, 0.25) is 0 Å². The van der Waals surface area contributed by atoms with Crippen LogP contribution >= 0.6 is 0 Å². The molecule has 0 saturated heterocycles. The Labute approximate surface area is 132 Å². The Bertz CT molecular complexity index is 511. The first kappa shape index (κ1) is 16.6. The molecule has 1 aromatic rings. The molecule has 1 saturated carbocycles. The van der Waals surface area contributed by atoms with Gasteiger partial charge in [-0.3, -0.25) is 4.98 Å². The number of nitrogens with one attached hydrogen (secondary N) is 2. The molecule has 2 unspecified atom stereocenters. The number of pyridine rings is 1. The van der Waals surface area contributed by atoms with Gasteiger partial charge in [0.05, 0.1) is 11.4 Å². The molecule has 1 aromatic heterocycles. The van der Waals surface area contributed by atoms with Crippen LogP contribution in [0.25, 0.3) is 0 Å². The van der Waals surface area contributed by atoms with Crippen LogP contribution < -0.4 is 10.6 Å². The molecule has 5 nitrogen and oxygen atoms in total. The number of rotatable bonds is 3. The third-order valence-electron chi connectivity index (χ3n) is 3.76. The number of aromatic nitrogens is 1. The zero-order valence-corrected chi connectivity index (χ0v) is 14.0. The van der Waals surface area contributed by atoms with Crippen molar-refractivity contribution >= 4 is 11.8 Å². The Morgan fingerprint density at radius 1 is 1.32 bits per heavy atom. The lowest BCUT2D eigenvalue weighted by Crippen LogP contribution is -2.43. The topological polar surface area (TPSA) is 63.2 Å². The molecule has 1 fully saturated rings. The fourth-order valence-corrected chi connectivity index (χ4v) is 2.78. The second-order valence-electron chi connectivity index (χ2n) is 6.99. The molecule has 2 N–H and O–H groups in total. The van der Waals surface area contributed by atoms with Crippen LogP contribution in [0.3, 0.4) is 0 Å². The Hall–Kier alpha value is -1.78. The Morgan fingerprint density at radius 3 is 2.73 bits per heavy atom. The van der Waals surface area contributed by atoms with Crippen molar-refractivity contribution in [1.29, 1.82) is 0 Å². The van der Waals surface area contributed by atoms with Crippen LogP contribution in [0, 0.1) is 6.92 Å². The lowest BCUT2D eigenvalue weighted by Gasteiger charge is -2.31. The normalized spacial score (nSPS) is 22.0. The minimum Gasteiger partial charge on any atom is -0.444 e. The fourth-order valence-electron chi connectivity index (χ4n) is 2.78. The van der Waals surface area contributed by atoms with Gasteiger partial charge in [0, 0.05) is 18.3 Å². The van der Waals surface area contributed by atoms with E-state index in [9.17, 15) is 4.79 Å². The molecule has 0 spiro atoms. The van der Waals surface area contributed by atoms with Gasteiger partial charge in [0.1, 0.15) is 5.60 Å². The summed E-state index contributed by atoms with van der Waals surface area (Å²) >= 11 is 0. The molecule has 5 heteroatoms. The van der Waals surface area contributed by atoms with Gasteiger partial charge in [0.25, 0.3) is 0 Å². The van der Waals surface area contributed by atoms with E-state index in [1.807, 2.05) is 39.8 Å². The van der Waals surface area contributed by atoms with Crippen molar-refractivity contribution in [3.05, 3.63) is 24.0 Å². The molecule has 2 rings (SSSR count). The van der Waals surface area contributed by atoms with E-state index in [0.29, 0.717) is 6.04 Å². The minimum atomic E-state index is -0.455. The summed E-state index contributed by atoms with van der Waals surface area (Å²) in [4.78, 5) is 16.2. The van der Waals surface area contributed by atoms with E-state index in [1.165, 1.54) is 0 Å². The first-order chi connectivity index (χ1) is 10.3.